The fourth-order valence-corrected chi connectivity index (χ4v) is 4.78. The Balaban J connectivity index is 1.55. The van der Waals surface area contributed by atoms with Crippen LogP contribution < -0.4 is 15.6 Å². The lowest BCUT2D eigenvalue weighted by atomic mass is 10.0. The first kappa shape index (κ1) is 26.5. The van der Waals surface area contributed by atoms with Gasteiger partial charge in [-0.05, 0) is 56.3 Å². The van der Waals surface area contributed by atoms with E-state index in [9.17, 15) is 9.59 Å². The number of rotatable bonds is 9. The second-order valence-corrected chi connectivity index (χ2v) is 9.24. The topological polar surface area (TPSA) is 76.5 Å². The number of anilines is 2. The number of aromatic nitrogens is 2. The van der Waals surface area contributed by atoms with Gasteiger partial charge in [-0.1, -0.05) is 29.3 Å². The van der Waals surface area contributed by atoms with E-state index in [1.807, 2.05) is 44.2 Å². The number of hydrogen-bond acceptors (Lipinski definition) is 5. The molecule has 0 bridgehead atoms. The molecule has 0 spiro atoms. The van der Waals surface area contributed by atoms with Crippen molar-refractivity contribution < 1.29 is 9.53 Å². The zero-order chi connectivity index (χ0) is 26.5. The van der Waals surface area contributed by atoms with Crippen molar-refractivity contribution in [3.63, 3.8) is 0 Å². The third-order valence-corrected chi connectivity index (χ3v) is 6.74. The van der Waals surface area contributed by atoms with Gasteiger partial charge >= 0.3 is 0 Å². The second-order valence-electron chi connectivity index (χ2n) is 8.43. The van der Waals surface area contributed by atoms with E-state index in [0.29, 0.717) is 59.0 Å². The molecule has 37 heavy (non-hydrogen) atoms. The van der Waals surface area contributed by atoms with Gasteiger partial charge in [-0.3, -0.25) is 9.59 Å². The largest absolute Gasteiger partial charge is 0.492 e. The van der Waals surface area contributed by atoms with Crippen LogP contribution in [0, 0.1) is 0 Å². The van der Waals surface area contributed by atoms with E-state index in [4.69, 9.17) is 27.9 Å². The summed E-state index contributed by atoms with van der Waals surface area (Å²) in [5.74, 6) is 1.35. The SMILES string of the molecule is CCN(CCOc1ccc(Nc2cc3c(cn2)cc(-c2c(Cl)cccc2Cl)c(=O)n3CC)cc1)C(C)=O. The number of halogens is 2. The highest BCUT2D eigenvalue weighted by molar-refractivity contribution is 6.39. The summed E-state index contributed by atoms with van der Waals surface area (Å²) in [6.45, 7) is 7.50. The first-order chi connectivity index (χ1) is 17.8. The van der Waals surface area contributed by atoms with Crippen molar-refractivity contribution in [2.45, 2.75) is 27.3 Å². The van der Waals surface area contributed by atoms with E-state index in [2.05, 4.69) is 10.3 Å². The highest BCUT2D eigenvalue weighted by Crippen LogP contribution is 2.34. The molecular formula is C28H28Cl2N4O3. The molecule has 2 aromatic carbocycles. The van der Waals surface area contributed by atoms with E-state index in [0.717, 1.165) is 16.6 Å². The number of fused-ring (bicyclic) bond motifs is 1. The van der Waals surface area contributed by atoms with E-state index in [1.54, 1.807) is 46.9 Å². The first-order valence-corrected chi connectivity index (χ1v) is 12.8. The standard InChI is InChI=1S/C28H28Cl2N4O3/c1-4-33(18(3)35)13-14-37-21-11-9-20(10-12-21)32-26-16-25-19(17-31-26)15-22(28(36)34(25)5-2)27-23(29)7-6-8-24(27)30/h6-12,15-17H,4-5,13-14H2,1-3H3,(H,31,32). The predicted molar refractivity (Wildman–Crippen MR) is 150 cm³/mol. The first-order valence-electron chi connectivity index (χ1n) is 12.1. The number of amides is 1. The molecule has 1 amide bonds. The Morgan fingerprint density at radius 1 is 1.08 bits per heavy atom. The average molecular weight is 539 g/mol. The summed E-state index contributed by atoms with van der Waals surface area (Å²) in [6, 6.07) is 16.3. The van der Waals surface area contributed by atoms with Gasteiger partial charge in [0.15, 0.2) is 0 Å². The fourth-order valence-electron chi connectivity index (χ4n) is 4.18. The Bertz CT molecular complexity index is 1470. The van der Waals surface area contributed by atoms with Crippen LogP contribution in [0.25, 0.3) is 22.0 Å². The molecule has 7 nitrogen and oxygen atoms in total. The number of benzene rings is 2. The minimum absolute atomic E-state index is 0.0333. The lowest BCUT2D eigenvalue weighted by Gasteiger charge is -2.19. The highest BCUT2D eigenvalue weighted by atomic mass is 35.5. The van der Waals surface area contributed by atoms with E-state index in [-0.39, 0.29) is 11.5 Å². The molecular weight excluding hydrogens is 511 g/mol. The Morgan fingerprint density at radius 3 is 2.41 bits per heavy atom. The van der Waals surface area contributed by atoms with Crippen LogP contribution in [-0.4, -0.2) is 40.1 Å². The van der Waals surface area contributed by atoms with E-state index in [1.165, 1.54) is 0 Å². The molecule has 2 aromatic heterocycles. The number of pyridine rings is 2. The van der Waals surface area contributed by atoms with Crippen LogP contribution in [0.3, 0.4) is 0 Å². The molecule has 4 aromatic rings. The van der Waals surface area contributed by atoms with Gasteiger partial charge in [0.2, 0.25) is 5.91 Å². The van der Waals surface area contributed by atoms with Crippen molar-refractivity contribution >= 4 is 51.5 Å². The molecule has 0 saturated carbocycles. The summed E-state index contributed by atoms with van der Waals surface area (Å²) >= 11 is 12.8. The van der Waals surface area contributed by atoms with Gasteiger partial charge in [0.1, 0.15) is 18.2 Å². The number of carbonyl (C=O) groups is 1. The lowest BCUT2D eigenvalue weighted by molar-refractivity contribution is -0.129. The fraction of sp³-hybridized carbons (Fsp3) is 0.250. The summed E-state index contributed by atoms with van der Waals surface area (Å²) in [5.41, 5.74) is 2.36. The van der Waals surface area contributed by atoms with Crippen molar-refractivity contribution in [1.29, 1.82) is 0 Å². The number of ether oxygens (including phenoxy) is 1. The summed E-state index contributed by atoms with van der Waals surface area (Å²) in [7, 11) is 0. The molecule has 2 heterocycles. The third-order valence-electron chi connectivity index (χ3n) is 6.11. The minimum atomic E-state index is -0.171. The molecule has 0 atom stereocenters. The summed E-state index contributed by atoms with van der Waals surface area (Å²) in [5, 5.41) is 4.93. The van der Waals surface area contributed by atoms with Gasteiger partial charge in [-0.15, -0.1) is 0 Å². The Morgan fingerprint density at radius 2 is 1.78 bits per heavy atom. The lowest BCUT2D eigenvalue weighted by Crippen LogP contribution is -2.32. The Labute approximate surface area is 225 Å². The quantitative estimate of drug-likeness (QED) is 0.267. The van der Waals surface area contributed by atoms with Crippen LogP contribution in [0.1, 0.15) is 20.8 Å². The number of carbonyl (C=O) groups excluding carboxylic acids is 1. The average Bonchev–Trinajstić information content (AvgIpc) is 2.88. The minimum Gasteiger partial charge on any atom is -0.492 e. The van der Waals surface area contributed by atoms with Crippen LogP contribution in [0.4, 0.5) is 11.5 Å². The van der Waals surface area contributed by atoms with Crippen LogP contribution >= 0.6 is 23.2 Å². The maximum Gasteiger partial charge on any atom is 0.259 e. The van der Waals surface area contributed by atoms with Crippen molar-refractivity contribution in [3.05, 3.63) is 81.2 Å². The monoisotopic (exact) mass is 538 g/mol. The molecule has 4 rings (SSSR count). The predicted octanol–water partition coefficient (Wildman–Crippen LogP) is 6.38. The molecule has 0 fully saturated rings. The molecule has 1 N–H and O–H groups in total. The molecule has 0 aliphatic heterocycles. The number of nitrogens with one attached hydrogen (secondary N) is 1. The van der Waals surface area contributed by atoms with Crippen molar-refractivity contribution in [2.24, 2.45) is 0 Å². The molecule has 0 radical (unpaired) electrons. The van der Waals surface area contributed by atoms with Gasteiger partial charge in [0.25, 0.3) is 5.56 Å². The molecule has 9 heteroatoms. The number of likely N-dealkylation sites (N-methyl/N-ethyl adjacent to an activating group) is 1. The van der Waals surface area contributed by atoms with Crippen LogP contribution in [0.5, 0.6) is 5.75 Å². The maximum atomic E-state index is 13.4. The zero-order valence-electron chi connectivity index (χ0n) is 20.9. The molecule has 0 aliphatic carbocycles. The Kier molecular flexibility index (Phi) is 8.36. The summed E-state index contributed by atoms with van der Waals surface area (Å²) < 4.78 is 7.45. The molecule has 0 saturated heterocycles. The van der Waals surface area contributed by atoms with Gasteiger partial charge < -0.3 is 19.5 Å². The van der Waals surface area contributed by atoms with Crippen LogP contribution in [-0.2, 0) is 11.3 Å². The molecule has 192 valence electrons. The van der Waals surface area contributed by atoms with Crippen molar-refractivity contribution in [2.75, 3.05) is 25.0 Å². The zero-order valence-corrected chi connectivity index (χ0v) is 22.4. The van der Waals surface area contributed by atoms with Crippen molar-refractivity contribution in [3.8, 4) is 16.9 Å². The summed E-state index contributed by atoms with van der Waals surface area (Å²) in [6.07, 6.45) is 1.73. The van der Waals surface area contributed by atoms with Crippen LogP contribution in [0.15, 0.2) is 65.6 Å². The number of nitrogens with zero attached hydrogens (tertiary/aromatic N) is 3. The maximum absolute atomic E-state index is 13.4. The summed E-state index contributed by atoms with van der Waals surface area (Å²) in [4.78, 5) is 31.2. The van der Waals surface area contributed by atoms with E-state index >= 15 is 0 Å². The Hall–Kier alpha value is -3.55. The highest BCUT2D eigenvalue weighted by Gasteiger charge is 2.16. The molecule has 0 aliphatic rings. The number of hydrogen-bond donors (Lipinski definition) is 1. The second kappa shape index (κ2) is 11.7. The van der Waals surface area contributed by atoms with Crippen molar-refractivity contribution in [1.82, 2.24) is 14.5 Å². The van der Waals surface area contributed by atoms with Gasteiger partial charge in [-0.25, -0.2) is 4.98 Å². The smallest absolute Gasteiger partial charge is 0.259 e. The third kappa shape index (κ3) is 5.89. The van der Waals surface area contributed by atoms with Gasteiger partial charge in [-0.2, -0.15) is 0 Å². The van der Waals surface area contributed by atoms with Gasteiger partial charge in [0, 0.05) is 48.9 Å². The van der Waals surface area contributed by atoms with E-state index < -0.39 is 0 Å². The van der Waals surface area contributed by atoms with Gasteiger partial charge in [0.05, 0.1) is 27.7 Å². The van der Waals surface area contributed by atoms with Crippen LogP contribution in [0.2, 0.25) is 10.0 Å². The normalized spacial score (nSPS) is 10.9. The number of aryl methyl sites for hydroxylation is 1. The molecule has 0 unspecified atom stereocenters.